The number of hydrogen-bond acceptors (Lipinski definition) is 4. The molecule has 1 unspecified atom stereocenters. The molecule has 0 radical (unpaired) electrons. The van der Waals surface area contributed by atoms with Crippen LogP contribution in [0.1, 0.15) is 18.4 Å². The Morgan fingerprint density at radius 3 is 2.80 bits per heavy atom. The van der Waals surface area contributed by atoms with E-state index in [9.17, 15) is 4.79 Å². The highest BCUT2D eigenvalue weighted by atomic mass is 16.3. The van der Waals surface area contributed by atoms with Crippen LogP contribution in [-0.4, -0.2) is 24.0 Å². The summed E-state index contributed by atoms with van der Waals surface area (Å²) in [7, 11) is 0. The number of aromatic nitrogens is 1. The van der Waals surface area contributed by atoms with E-state index >= 15 is 0 Å². The van der Waals surface area contributed by atoms with Crippen LogP contribution in [0.3, 0.4) is 0 Å². The minimum absolute atomic E-state index is 0.000291. The normalized spacial score (nSPS) is 15.7. The Balaban J connectivity index is 1.49. The number of carbonyl (C=O) groups excluding carboxylic acids is 1. The minimum Gasteiger partial charge on any atom is -0.440 e. The van der Waals surface area contributed by atoms with Gasteiger partial charge in [0, 0.05) is 24.1 Å². The quantitative estimate of drug-likeness (QED) is 0.751. The van der Waals surface area contributed by atoms with Crippen LogP contribution in [0.25, 0.3) is 11.1 Å². The third kappa shape index (κ3) is 3.42. The number of anilines is 1. The third-order valence-electron chi connectivity index (χ3n) is 4.83. The fraction of sp³-hybridized carbons (Fsp3) is 0.300. The molecule has 0 aliphatic carbocycles. The lowest BCUT2D eigenvalue weighted by atomic mass is 9.88. The van der Waals surface area contributed by atoms with Crippen molar-refractivity contribution in [3.05, 3.63) is 60.0 Å². The van der Waals surface area contributed by atoms with Crippen molar-refractivity contribution in [3.63, 3.8) is 0 Å². The predicted octanol–water partition coefficient (Wildman–Crippen LogP) is 3.21. The van der Waals surface area contributed by atoms with Gasteiger partial charge in [-0.25, -0.2) is 4.98 Å². The second-order valence-electron chi connectivity index (χ2n) is 6.65. The van der Waals surface area contributed by atoms with Crippen molar-refractivity contribution in [2.45, 2.75) is 13.3 Å². The van der Waals surface area contributed by atoms with E-state index in [1.807, 2.05) is 43.3 Å². The maximum Gasteiger partial charge on any atom is 0.227 e. The molecule has 5 heteroatoms. The van der Waals surface area contributed by atoms with Crippen LogP contribution < -0.4 is 10.6 Å². The lowest BCUT2D eigenvalue weighted by Gasteiger charge is -2.31. The molecule has 5 nitrogen and oxygen atoms in total. The Morgan fingerprint density at radius 1 is 1.28 bits per heavy atom. The highest BCUT2D eigenvalue weighted by Crippen LogP contribution is 2.23. The zero-order chi connectivity index (χ0) is 17.2. The summed E-state index contributed by atoms with van der Waals surface area (Å²) in [5, 5.41) is 6.19. The summed E-state index contributed by atoms with van der Waals surface area (Å²) >= 11 is 0. The van der Waals surface area contributed by atoms with Crippen molar-refractivity contribution >= 4 is 22.7 Å². The molecule has 0 bridgehead atoms. The van der Waals surface area contributed by atoms with Gasteiger partial charge < -0.3 is 15.1 Å². The number of rotatable bonds is 5. The molecular formula is C20H21N3O2. The summed E-state index contributed by atoms with van der Waals surface area (Å²) in [5.41, 5.74) is 3.41. The van der Waals surface area contributed by atoms with Crippen molar-refractivity contribution in [3.8, 4) is 0 Å². The van der Waals surface area contributed by atoms with Crippen LogP contribution in [-0.2, 0) is 11.2 Å². The van der Waals surface area contributed by atoms with E-state index in [-0.39, 0.29) is 11.8 Å². The number of benzene rings is 2. The average molecular weight is 335 g/mol. The molecule has 1 amide bonds. The number of fused-ring (bicyclic) bond motifs is 1. The van der Waals surface area contributed by atoms with Crippen LogP contribution >= 0.6 is 0 Å². The lowest BCUT2D eigenvalue weighted by Crippen LogP contribution is -2.48. The maximum absolute atomic E-state index is 12.3. The average Bonchev–Trinajstić information content (AvgIpc) is 2.95. The Bertz CT molecular complexity index is 884. The van der Waals surface area contributed by atoms with Gasteiger partial charge in [0.05, 0.1) is 0 Å². The van der Waals surface area contributed by atoms with Crippen LogP contribution in [0.5, 0.6) is 0 Å². The molecule has 1 saturated heterocycles. The molecule has 2 heterocycles. The summed E-state index contributed by atoms with van der Waals surface area (Å²) in [5.74, 6) is 1.15. The Labute approximate surface area is 146 Å². The monoisotopic (exact) mass is 335 g/mol. The van der Waals surface area contributed by atoms with Gasteiger partial charge in [-0.1, -0.05) is 37.3 Å². The highest BCUT2D eigenvalue weighted by molar-refractivity contribution is 5.94. The number of nitrogens with one attached hydrogen (secondary N) is 2. The summed E-state index contributed by atoms with van der Waals surface area (Å²) in [4.78, 5) is 16.9. The molecule has 25 heavy (non-hydrogen) atoms. The number of nitrogens with zero attached hydrogens (tertiary/aromatic N) is 1. The fourth-order valence-corrected chi connectivity index (χ4v) is 3.03. The zero-order valence-electron chi connectivity index (χ0n) is 14.2. The zero-order valence-corrected chi connectivity index (χ0v) is 14.2. The molecule has 0 saturated carbocycles. The van der Waals surface area contributed by atoms with E-state index in [4.69, 9.17) is 4.42 Å². The van der Waals surface area contributed by atoms with Gasteiger partial charge in [0.2, 0.25) is 5.91 Å². The molecule has 1 fully saturated rings. The molecule has 1 atom stereocenters. The van der Waals surface area contributed by atoms with E-state index in [2.05, 4.69) is 27.8 Å². The SMILES string of the molecule is CC(C(=O)Nc1ccc2nc(Cc3ccccc3)oc2c1)C1CNC1. The first-order valence-corrected chi connectivity index (χ1v) is 8.64. The predicted molar refractivity (Wildman–Crippen MR) is 97.4 cm³/mol. The van der Waals surface area contributed by atoms with Crippen LogP contribution in [0.2, 0.25) is 0 Å². The smallest absolute Gasteiger partial charge is 0.227 e. The molecule has 128 valence electrons. The molecule has 1 aliphatic rings. The van der Waals surface area contributed by atoms with Crippen molar-refractivity contribution in [1.29, 1.82) is 0 Å². The van der Waals surface area contributed by atoms with E-state index in [0.717, 1.165) is 29.9 Å². The van der Waals surface area contributed by atoms with Gasteiger partial charge in [0.15, 0.2) is 11.5 Å². The van der Waals surface area contributed by atoms with Crippen molar-refractivity contribution in [1.82, 2.24) is 10.3 Å². The Kier molecular flexibility index (Phi) is 4.24. The maximum atomic E-state index is 12.3. The molecule has 3 aromatic rings. The van der Waals surface area contributed by atoms with Crippen LogP contribution in [0.4, 0.5) is 5.69 Å². The third-order valence-corrected chi connectivity index (χ3v) is 4.83. The van der Waals surface area contributed by atoms with Crippen LogP contribution in [0.15, 0.2) is 52.9 Å². The van der Waals surface area contributed by atoms with Gasteiger partial charge in [-0.3, -0.25) is 4.79 Å². The summed E-state index contributed by atoms with van der Waals surface area (Å²) in [6.07, 6.45) is 0.656. The van der Waals surface area contributed by atoms with Gasteiger partial charge in [-0.2, -0.15) is 0 Å². The van der Waals surface area contributed by atoms with E-state index in [1.54, 1.807) is 0 Å². The van der Waals surface area contributed by atoms with Crippen molar-refractivity contribution < 1.29 is 9.21 Å². The largest absolute Gasteiger partial charge is 0.440 e. The van der Waals surface area contributed by atoms with Crippen LogP contribution in [0, 0.1) is 11.8 Å². The topological polar surface area (TPSA) is 67.2 Å². The highest BCUT2D eigenvalue weighted by Gasteiger charge is 2.28. The standard InChI is InChI=1S/C20H21N3O2/c1-13(15-11-21-12-15)20(24)22-16-7-8-17-18(10-16)25-19(23-17)9-14-5-3-2-4-6-14/h2-8,10,13,15,21H,9,11-12H2,1H3,(H,22,24). The molecule has 1 aliphatic heterocycles. The van der Waals surface area contributed by atoms with Gasteiger partial charge in [0.1, 0.15) is 5.52 Å². The van der Waals surface area contributed by atoms with Gasteiger partial charge in [-0.15, -0.1) is 0 Å². The summed E-state index contributed by atoms with van der Waals surface area (Å²) in [6, 6.07) is 15.7. The molecular weight excluding hydrogens is 314 g/mol. The van der Waals surface area contributed by atoms with E-state index in [1.165, 1.54) is 0 Å². The van der Waals surface area contributed by atoms with Gasteiger partial charge in [-0.05, 0) is 36.7 Å². The first kappa shape index (κ1) is 15.8. The Hall–Kier alpha value is -2.66. The van der Waals surface area contributed by atoms with Gasteiger partial charge in [0.25, 0.3) is 0 Å². The van der Waals surface area contributed by atoms with E-state index < -0.39 is 0 Å². The second-order valence-corrected chi connectivity index (χ2v) is 6.65. The molecule has 4 rings (SSSR count). The van der Waals surface area contributed by atoms with Crippen molar-refractivity contribution in [2.24, 2.45) is 11.8 Å². The molecule has 2 aromatic carbocycles. The van der Waals surface area contributed by atoms with Gasteiger partial charge >= 0.3 is 0 Å². The first-order valence-electron chi connectivity index (χ1n) is 8.64. The second kappa shape index (κ2) is 6.69. The fourth-order valence-electron chi connectivity index (χ4n) is 3.03. The lowest BCUT2D eigenvalue weighted by molar-refractivity contribution is -0.121. The molecule has 2 N–H and O–H groups in total. The number of carbonyl (C=O) groups is 1. The Morgan fingerprint density at radius 2 is 2.08 bits per heavy atom. The molecule has 1 aromatic heterocycles. The minimum atomic E-state index is 0.000291. The number of amides is 1. The van der Waals surface area contributed by atoms with E-state index in [0.29, 0.717) is 23.8 Å². The summed E-state index contributed by atoms with van der Waals surface area (Å²) in [6.45, 7) is 3.81. The molecule has 0 spiro atoms. The number of hydrogen-bond donors (Lipinski definition) is 2. The number of oxazole rings is 1. The first-order chi connectivity index (χ1) is 12.2. The summed E-state index contributed by atoms with van der Waals surface area (Å²) < 4.78 is 5.86. The van der Waals surface area contributed by atoms with Crippen molar-refractivity contribution in [2.75, 3.05) is 18.4 Å².